The Bertz CT molecular complexity index is 1120. The highest BCUT2D eigenvalue weighted by molar-refractivity contribution is 6.04. The number of aliphatic hydroxyl groups is 1. The molecule has 178 valence electrons. The molecule has 0 aromatic heterocycles. The fourth-order valence-electron chi connectivity index (χ4n) is 4.72. The molecule has 2 aromatic rings. The molecule has 9 nitrogen and oxygen atoms in total. The van der Waals surface area contributed by atoms with Gasteiger partial charge in [0, 0.05) is 49.7 Å². The zero-order chi connectivity index (χ0) is 23.7. The van der Waals surface area contributed by atoms with Gasteiger partial charge in [-0.05, 0) is 54.3 Å². The van der Waals surface area contributed by atoms with Gasteiger partial charge in [-0.2, -0.15) is 0 Å². The average molecular weight is 465 g/mol. The van der Waals surface area contributed by atoms with Crippen molar-refractivity contribution in [2.24, 2.45) is 0 Å². The van der Waals surface area contributed by atoms with E-state index in [9.17, 15) is 19.5 Å². The number of carbonyl (C=O) groups is 3. The number of amides is 3. The van der Waals surface area contributed by atoms with Gasteiger partial charge in [0.2, 0.25) is 5.91 Å². The highest BCUT2D eigenvalue weighted by atomic mass is 16.5. The second-order valence-electron chi connectivity index (χ2n) is 8.82. The van der Waals surface area contributed by atoms with Crippen LogP contribution in [0.15, 0.2) is 42.5 Å². The van der Waals surface area contributed by atoms with Crippen molar-refractivity contribution in [1.82, 2.24) is 5.32 Å². The maximum absolute atomic E-state index is 13.2. The minimum Gasteiger partial charge on any atom is -0.380 e. The summed E-state index contributed by atoms with van der Waals surface area (Å²) in [6, 6.07) is 12.8. The maximum atomic E-state index is 13.2. The predicted molar refractivity (Wildman–Crippen MR) is 126 cm³/mol. The Morgan fingerprint density at radius 3 is 2.65 bits per heavy atom. The van der Waals surface area contributed by atoms with Gasteiger partial charge in [0.05, 0.1) is 6.61 Å². The fraction of sp³-hybridized carbons (Fsp3) is 0.400. The molecule has 2 unspecified atom stereocenters. The number of hydrogen-bond acceptors (Lipinski definition) is 6. The van der Waals surface area contributed by atoms with E-state index in [0.717, 1.165) is 37.2 Å². The Morgan fingerprint density at radius 1 is 1.03 bits per heavy atom. The highest BCUT2D eigenvalue weighted by Gasteiger charge is 2.39. The van der Waals surface area contributed by atoms with Crippen LogP contribution in [0.5, 0.6) is 0 Å². The normalized spacial score (nSPS) is 21.4. The molecule has 0 saturated carbocycles. The van der Waals surface area contributed by atoms with Crippen molar-refractivity contribution in [2.75, 3.05) is 34.8 Å². The Hall–Kier alpha value is -3.27. The Kier molecular flexibility index (Phi) is 6.32. The van der Waals surface area contributed by atoms with E-state index < -0.39 is 24.0 Å². The van der Waals surface area contributed by atoms with Crippen LogP contribution in [0.2, 0.25) is 0 Å². The second kappa shape index (κ2) is 9.54. The molecule has 5 rings (SSSR count). The Balaban J connectivity index is 1.29. The molecule has 3 aliphatic heterocycles. The molecule has 3 amide bonds. The third-order valence-electron chi connectivity index (χ3n) is 6.56. The van der Waals surface area contributed by atoms with E-state index in [1.807, 2.05) is 18.2 Å². The Labute approximate surface area is 197 Å². The molecule has 3 aliphatic rings. The van der Waals surface area contributed by atoms with Crippen molar-refractivity contribution < 1.29 is 24.2 Å². The van der Waals surface area contributed by atoms with Crippen LogP contribution in [-0.2, 0) is 32.2 Å². The van der Waals surface area contributed by atoms with Gasteiger partial charge in [-0.3, -0.25) is 14.4 Å². The number of benzene rings is 2. The lowest BCUT2D eigenvalue weighted by Crippen LogP contribution is -2.55. The maximum Gasteiger partial charge on any atom is 0.259 e. The molecule has 0 spiro atoms. The van der Waals surface area contributed by atoms with Gasteiger partial charge in [0.15, 0.2) is 12.2 Å². The van der Waals surface area contributed by atoms with E-state index >= 15 is 0 Å². The third kappa shape index (κ3) is 4.42. The van der Waals surface area contributed by atoms with Crippen LogP contribution < -0.4 is 20.4 Å². The molecular formula is C25H28N4O5. The quantitative estimate of drug-likeness (QED) is 0.619. The summed E-state index contributed by atoms with van der Waals surface area (Å²) in [6.45, 7) is 2.64. The van der Waals surface area contributed by atoms with E-state index in [4.69, 9.17) is 4.74 Å². The van der Waals surface area contributed by atoms with Gasteiger partial charge in [-0.15, -0.1) is 0 Å². The van der Waals surface area contributed by atoms with Crippen molar-refractivity contribution in [2.45, 2.75) is 44.6 Å². The summed E-state index contributed by atoms with van der Waals surface area (Å²) < 4.78 is 5.52. The number of fused-ring (bicyclic) bond motifs is 1. The molecule has 2 fully saturated rings. The minimum absolute atomic E-state index is 0.0732. The van der Waals surface area contributed by atoms with Crippen molar-refractivity contribution in [3.05, 3.63) is 53.6 Å². The standard InChI is InChI=1S/C25H28N4O5/c30-21-6-1-2-9-28(21)19-4-3-5-20(13-19)29-10-11-34-23(25(29)33)22(31)24(32)27-18-8-7-16-14-26-15-17(16)12-18/h3-5,7-8,12-13,22-23,26,31H,1-2,6,9-11,14-15H2,(H,27,32). The van der Waals surface area contributed by atoms with Crippen LogP contribution in [0.4, 0.5) is 17.1 Å². The summed E-state index contributed by atoms with van der Waals surface area (Å²) in [6.07, 6.45) is -0.624. The van der Waals surface area contributed by atoms with E-state index in [1.165, 1.54) is 10.5 Å². The van der Waals surface area contributed by atoms with Gasteiger partial charge >= 0.3 is 0 Å². The highest BCUT2D eigenvalue weighted by Crippen LogP contribution is 2.28. The first kappa shape index (κ1) is 22.5. The molecule has 9 heteroatoms. The van der Waals surface area contributed by atoms with E-state index in [2.05, 4.69) is 10.6 Å². The number of rotatable bonds is 5. The predicted octanol–water partition coefficient (Wildman–Crippen LogP) is 1.54. The topological polar surface area (TPSA) is 111 Å². The Morgan fingerprint density at radius 2 is 1.82 bits per heavy atom. The first-order chi connectivity index (χ1) is 16.5. The van der Waals surface area contributed by atoms with Gasteiger partial charge in [-0.1, -0.05) is 12.1 Å². The minimum atomic E-state index is -1.66. The zero-order valence-electron chi connectivity index (χ0n) is 18.8. The van der Waals surface area contributed by atoms with Crippen LogP contribution in [-0.4, -0.2) is 54.7 Å². The van der Waals surface area contributed by atoms with Gasteiger partial charge < -0.3 is 30.3 Å². The number of nitrogens with zero attached hydrogens (tertiary/aromatic N) is 2. The van der Waals surface area contributed by atoms with E-state index in [0.29, 0.717) is 30.9 Å². The summed E-state index contributed by atoms with van der Waals surface area (Å²) >= 11 is 0. The first-order valence-corrected chi connectivity index (χ1v) is 11.7. The summed E-state index contributed by atoms with van der Waals surface area (Å²) in [5, 5.41) is 16.6. The monoisotopic (exact) mass is 464 g/mol. The lowest BCUT2D eigenvalue weighted by Gasteiger charge is -2.35. The molecule has 3 N–H and O–H groups in total. The van der Waals surface area contributed by atoms with Gasteiger partial charge in [0.1, 0.15) is 0 Å². The van der Waals surface area contributed by atoms with Crippen LogP contribution in [0.3, 0.4) is 0 Å². The smallest absolute Gasteiger partial charge is 0.259 e. The molecule has 0 aliphatic carbocycles. The summed E-state index contributed by atoms with van der Waals surface area (Å²) in [7, 11) is 0. The number of ether oxygens (including phenoxy) is 1. The van der Waals surface area contributed by atoms with Crippen LogP contribution in [0, 0.1) is 0 Å². The largest absolute Gasteiger partial charge is 0.380 e. The number of piperidine rings is 1. The molecule has 0 radical (unpaired) electrons. The van der Waals surface area contributed by atoms with Crippen molar-refractivity contribution in [3.63, 3.8) is 0 Å². The average Bonchev–Trinajstić information content (AvgIpc) is 3.32. The number of morpholine rings is 1. The summed E-state index contributed by atoms with van der Waals surface area (Å²) in [5.41, 5.74) is 4.17. The number of anilines is 3. The molecule has 2 atom stereocenters. The molecule has 2 aromatic carbocycles. The van der Waals surface area contributed by atoms with Crippen molar-refractivity contribution >= 4 is 34.8 Å². The summed E-state index contributed by atoms with van der Waals surface area (Å²) in [5.74, 6) is -1.11. The number of carbonyl (C=O) groups excluding carboxylic acids is 3. The van der Waals surface area contributed by atoms with Crippen molar-refractivity contribution in [3.8, 4) is 0 Å². The molecule has 2 saturated heterocycles. The summed E-state index contributed by atoms with van der Waals surface area (Å²) in [4.78, 5) is 41.5. The van der Waals surface area contributed by atoms with Crippen molar-refractivity contribution in [1.29, 1.82) is 0 Å². The van der Waals surface area contributed by atoms with Crippen LogP contribution in [0.25, 0.3) is 0 Å². The molecular weight excluding hydrogens is 436 g/mol. The van der Waals surface area contributed by atoms with E-state index in [1.54, 1.807) is 29.2 Å². The first-order valence-electron chi connectivity index (χ1n) is 11.7. The number of aliphatic hydroxyl groups excluding tert-OH is 1. The molecule has 3 heterocycles. The number of hydrogen-bond donors (Lipinski definition) is 3. The second-order valence-corrected chi connectivity index (χ2v) is 8.82. The lowest BCUT2D eigenvalue weighted by molar-refractivity contribution is -0.150. The zero-order valence-corrected chi connectivity index (χ0v) is 18.8. The number of nitrogens with one attached hydrogen (secondary N) is 2. The lowest BCUT2D eigenvalue weighted by atomic mass is 10.1. The van der Waals surface area contributed by atoms with Gasteiger partial charge in [0.25, 0.3) is 11.8 Å². The van der Waals surface area contributed by atoms with Gasteiger partial charge in [-0.25, -0.2) is 0 Å². The fourth-order valence-corrected chi connectivity index (χ4v) is 4.72. The van der Waals surface area contributed by atoms with Crippen LogP contribution in [0.1, 0.15) is 30.4 Å². The SMILES string of the molecule is O=C(Nc1ccc2c(c1)CNC2)C(O)C1OCCN(c2cccc(N3CCCCC3=O)c2)C1=O. The third-order valence-corrected chi connectivity index (χ3v) is 6.56. The van der Waals surface area contributed by atoms with E-state index in [-0.39, 0.29) is 12.5 Å². The molecule has 0 bridgehead atoms. The van der Waals surface area contributed by atoms with Crippen LogP contribution >= 0.6 is 0 Å². The molecule has 34 heavy (non-hydrogen) atoms.